The number of aliphatic hydroxyl groups excluding tert-OH is 2. The molecule has 70 heavy (non-hydrogen) atoms. The summed E-state index contributed by atoms with van der Waals surface area (Å²) in [6.45, 7) is 4.93. The van der Waals surface area contributed by atoms with E-state index < -0.39 is 12.1 Å². The molecule has 0 aliphatic heterocycles. The third-order valence-corrected chi connectivity index (χ3v) is 14.8. The lowest BCUT2D eigenvalue weighted by Crippen LogP contribution is -2.45. The summed E-state index contributed by atoms with van der Waals surface area (Å²) in [5, 5.41) is 23.3. The van der Waals surface area contributed by atoms with Crippen LogP contribution in [0.2, 0.25) is 0 Å². The lowest BCUT2D eigenvalue weighted by molar-refractivity contribution is -0.143. The molecule has 3 N–H and O–H groups in total. The van der Waals surface area contributed by atoms with Crippen molar-refractivity contribution in [2.75, 3.05) is 13.2 Å². The lowest BCUT2D eigenvalue weighted by Gasteiger charge is -2.22. The Morgan fingerprint density at radius 2 is 0.729 bits per heavy atom. The standard InChI is InChI=1S/C64H123NO5/c1-3-5-7-9-11-13-15-17-19-26-29-32-36-40-44-48-52-56-62(67)61(60-66)65-63(68)57-53-49-45-41-37-33-30-27-24-22-20-21-23-25-28-31-35-39-43-47-51-55-59-70-64(69)58-54-50-46-42-38-34-18-16-14-12-10-8-6-4-2/h10,12,16,18,61-62,66-67H,3-9,11,13-15,17,19-60H2,1-2H3,(H,65,68)/b12-10-,18-16-. The van der Waals surface area contributed by atoms with Gasteiger partial charge in [-0.3, -0.25) is 9.59 Å². The number of allylic oxidation sites excluding steroid dienone is 4. The number of esters is 1. The normalized spacial score (nSPS) is 12.7. The van der Waals surface area contributed by atoms with Gasteiger partial charge in [-0.1, -0.05) is 308 Å². The quantitative estimate of drug-likeness (QED) is 0.0321. The van der Waals surface area contributed by atoms with Crippen LogP contribution >= 0.6 is 0 Å². The predicted molar refractivity (Wildman–Crippen MR) is 306 cm³/mol. The van der Waals surface area contributed by atoms with Gasteiger partial charge in [-0.25, -0.2) is 0 Å². The highest BCUT2D eigenvalue weighted by Gasteiger charge is 2.20. The average Bonchev–Trinajstić information content (AvgIpc) is 3.36. The molecule has 6 heteroatoms. The first-order valence-corrected chi connectivity index (χ1v) is 31.6. The van der Waals surface area contributed by atoms with Crippen LogP contribution in [0.1, 0.15) is 348 Å². The molecule has 0 radical (unpaired) electrons. The maximum atomic E-state index is 12.5. The maximum absolute atomic E-state index is 12.5. The highest BCUT2D eigenvalue weighted by molar-refractivity contribution is 5.76. The van der Waals surface area contributed by atoms with Crippen molar-refractivity contribution >= 4 is 11.9 Å². The van der Waals surface area contributed by atoms with Crippen molar-refractivity contribution in [3.8, 4) is 0 Å². The third kappa shape index (κ3) is 55.7. The van der Waals surface area contributed by atoms with E-state index in [4.69, 9.17) is 4.74 Å². The molecular weight excluding hydrogens is 863 g/mol. The van der Waals surface area contributed by atoms with Gasteiger partial charge in [0.25, 0.3) is 0 Å². The van der Waals surface area contributed by atoms with Gasteiger partial charge < -0.3 is 20.3 Å². The van der Waals surface area contributed by atoms with Crippen LogP contribution in [0.5, 0.6) is 0 Å². The molecular formula is C64H123NO5. The molecule has 0 aromatic carbocycles. The fraction of sp³-hybridized carbons (Fsp3) is 0.906. The van der Waals surface area contributed by atoms with Crippen LogP contribution in [-0.2, 0) is 14.3 Å². The Morgan fingerprint density at radius 3 is 1.13 bits per heavy atom. The summed E-state index contributed by atoms with van der Waals surface area (Å²) in [6.07, 6.45) is 73.3. The van der Waals surface area contributed by atoms with Gasteiger partial charge in [-0.15, -0.1) is 0 Å². The smallest absolute Gasteiger partial charge is 0.305 e. The number of carbonyl (C=O) groups is 2. The fourth-order valence-electron chi connectivity index (χ4n) is 9.89. The van der Waals surface area contributed by atoms with E-state index in [1.54, 1.807) is 0 Å². The molecule has 2 atom stereocenters. The van der Waals surface area contributed by atoms with Crippen molar-refractivity contribution in [1.82, 2.24) is 5.32 Å². The second kappa shape index (κ2) is 59.9. The van der Waals surface area contributed by atoms with E-state index in [2.05, 4.69) is 43.5 Å². The summed E-state index contributed by atoms with van der Waals surface area (Å²) in [7, 11) is 0. The van der Waals surface area contributed by atoms with Crippen molar-refractivity contribution < 1.29 is 24.5 Å². The monoisotopic (exact) mass is 986 g/mol. The molecule has 414 valence electrons. The fourth-order valence-corrected chi connectivity index (χ4v) is 9.89. The number of ether oxygens (including phenoxy) is 1. The Hall–Kier alpha value is -1.66. The minimum Gasteiger partial charge on any atom is -0.466 e. The van der Waals surface area contributed by atoms with E-state index in [0.29, 0.717) is 25.9 Å². The summed E-state index contributed by atoms with van der Waals surface area (Å²) in [6, 6.07) is -0.542. The summed E-state index contributed by atoms with van der Waals surface area (Å²) in [5.41, 5.74) is 0. The van der Waals surface area contributed by atoms with E-state index in [1.165, 1.54) is 263 Å². The third-order valence-electron chi connectivity index (χ3n) is 14.8. The van der Waals surface area contributed by atoms with Gasteiger partial charge in [-0.2, -0.15) is 0 Å². The Morgan fingerprint density at radius 1 is 0.400 bits per heavy atom. The second-order valence-corrected chi connectivity index (χ2v) is 21.7. The Kier molecular flexibility index (Phi) is 58.5. The van der Waals surface area contributed by atoms with Gasteiger partial charge in [0.2, 0.25) is 5.91 Å². The predicted octanol–water partition coefficient (Wildman–Crippen LogP) is 19.8. The van der Waals surface area contributed by atoms with Gasteiger partial charge in [0.05, 0.1) is 25.4 Å². The largest absolute Gasteiger partial charge is 0.466 e. The molecule has 0 saturated carbocycles. The maximum Gasteiger partial charge on any atom is 0.305 e. The van der Waals surface area contributed by atoms with Crippen molar-refractivity contribution in [1.29, 1.82) is 0 Å². The zero-order valence-electron chi connectivity index (χ0n) is 47.3. The Labute approximate surface area is 437 Å². The van der Waals surface area contributed by atoms with Crippen LogP contribution in [0.3, 0.4) is 0 Å². The van der Waals surface area contributed by atoms with Crippen molar-refractivity contribution in [2.45, 2.75) is 360 Å². The first-order chi connectivity index (χ1) is 34.5. The van der Waals surface area contributed by atoms with Crippen molar-refractivity contribution in [3.63, 3.8) is 0 Å². The number of rotatable bonds is 59. The van der Waals surface area contributed by atoms with Crippen molar-refractivity contribution in [3.05, 3.63) is 24.3 Å². The highest BCUT2D eigenvalue weighted by Crippen LogP contribution is 2.18. The Balaban J connectivity index is 3.38. The minimum atomic E-state index is -0.665. The molecule has 0 rings (SSSR count). The highest BCUT2D eigenvalue weighted by atomic mass is 16.5. The van der Waals surface area contributed by atoms with Gasteiger partial charge in [0, 0.05) is 12.8 Å². The van der Waals surface area contributed by atoms with E-state index in [0.717, 1.165) is 51.4 Å². The summed E-state index contributed by atoms with van der Waals surface area (Å²) in [4.78, 5) is 24.5. The molecule has 2 unspecified atom stereocenters. The summed E-state index contributed by atoms with van der Waals surface area (Å²) in [5.74, 6) is -0.0335. The minimum absolute atomic E-state index is 0.000875. The molecule has 1 amide bonds. The molecule has 0 aliphatic carbocycles. The van der Waals surface area contributed by atoms with Gasteiger partial charge in [0.1, 0.15) is 0 Å². The zero-order valence-corrected chi connectivity index (χ0v) is 47.3. The zero-order chi connectivity index (χ0) is 50.7. The van der Waals surface area contributed by atoms with Crippen LogP contribution in [0, 0.1) is 0 Å². The van der Waals surface area contributed by atoms with E-state index in [9.17, 15) is 19.8 Å². The van der Waals surface area contributed by atoms with Crippen LogP contribution in [-0.4, -0.2) is 47.4 Å². The van der Waals surface area contributed by atoms with Gasteiger partial charge in [0.15, 0.2) is 0 Å². The first kappa shape index (κ1) is 68.3. The van der Waals surface area contributed by atoms with Crippen molar-refractivity contribution in [2.24, 2.45) is 0 Å². The van der Waals surface area contributed by atoms with E-state index >= 15 is 0 Å². The van der Waals surface area contributed by atoms with E-state index in [1.807, 2.05) is 0 Å². The summed E-state index contributed by atoms with van der Waals surface area (Å²) >= 11 is 0. The van der Waals surface area contributed by atoms with Gasteiger partial charge in [-0.05, 0) is 51.4 Å². The molecule has 0 aromatic heterocycles. The molecule has 0 bridgehead atoms. The van der Waals surface area contributed by atoms with E-state index in [-0.39, 0.29) is 18.5 Å². The average molecular weight is 987 g/mol. The molecule has 0 aliphatic rings. The first-order valence-electron chi connectivity index (χ1n) is 31.6. The molecule has 0 fully saturated rings. The van der Waals surface area contributed by atoms with Crippen LogP contribution in [0.15, 0.2) is 24.3 Å². The number of hydrogen-bond acceptors (Lipinski definition) is 5. The number of nitrogens with one attached hydrogen (secondary N) is 1. The molecule has 6 nitrogen and oxygen atoms in total. The SMILES string of the molecule is CCCC/C=C\C/C=C\CCCCCCCC(=O)OCCCCCCCCCCCCCCCCCCCCCCCCC(=O)NC(CO)C(O)CCCCCCCCCCCCCCCCCCC. The molecule has 0 spiro atoms. The number of carbonyl (C=O) groups excluding carboxylic acids is 2. The van der Waals surface area contributed by atoms with Crippen LogP contribution in [0.25, 0.3) is 0 Å². The molecule has 0 aromatic rings. The van der Waals surface area contributed by atoms with Crippen LogP contribution in [0.4, 0.5) is 0 Å². The number of amides is 1. The number of unbranched alkanes of at least 4 members (excludes halogenated alkanes) is 44. The number of aliphatic hydroxyl groups is 2. The topological polar surface area (TPSA) is 95.9 Å². The second-order valence-electron chi connectivity index (χ2n) is 21.7. The van der Waals surface area contributed by atoms with Crippen LogP contribution < -0.4 is 5.32 Å². The number of hydrogen-bond donors (Lipinski definition) is 3. The molecule has 0 heterocycles. The Bertz CT molecular complexity index is 1090. The van der Waals surface area contributed by atoms with Gasteiger partial charge >= 0.3 is 5.97 Å². The summed E-state index contributed by atoms with van der Waals surface area (Å²) < 4.78 is 5.47. The molecule has 0 saturated heterocycles. The lowest BCUT2D eigenvalue weighted by atomic mass is 10.0.